The number of hydrogen-bond acceptors (Lipinski definition) is 4. The van der Waals surface area contributed by atoms with Crippen LogP contribution in [0.2, 0.25) is 10.0 Å². The van der Waals surface area contributed by atoms with Crippen molar-refractivity contribution < 1.29 is 14.0 Å². The summed E-state index contributed by atoms with van der Waals surface area (Å²) >= 11 is 17.6. The average Bonchev–Trinajstić information content (AvgIpc) is 3.19. The molecule has 1 aliphatic rings. The Morgan fingerprint density at radius 2 is 1.92 bits per heavy atom. The first-order valence-corrected chi connectivity index (χ1v) is 8.91. The van der Waals surface area contributed by atoms with Crippen LogP contribution in [0.25, 0.3) is 22.6 Å². The molecule has 4 rings (SSSR count). The zero-order chi connectivity index (χ0) is 18.4. The van der Waals surface area contributed by atoms with Gasteiger partial charge in [-0.2, -0.15) is 0 Å². The number of rotatable bonds is 3. The van der Waals surface area contributed by atoms with Crippen LogP contribution >= 0.6 is 34.8 Å². The highest BCUT2D eigenvalue weighted by atomic mass is 35.5. The van der Waals surface area contributed by atoms with Gasteiger partial charge in [0.25, 0.3) is 0 Å². The van der Waals surface area contributed by atoms with E-state index in [0.29, 0.717) is 32.7 Å². The van der Waals surface area contributed by atoms with Crippen LogP contribution in [0.5, 0.6) is 0 Å². The van der Waals surface area contributed by atoms with Gasteiger partial charge in [-0.05, 0) is 48.0 Å². The van der Waals surface area contributed by atoms with E-state index in [2.05, 4.69) is 4.98 Å². The number of benzene rings is 2. The maximum absolute atomic E-state index is 12.1. The molecule has 0 aliphatic carbocycles. The minimum Gasteiger partial charge on any atom is -0.435 e. The van der Waals surface area contributed by atoms with Crippen LogP contribution in [0.15, 0.2) is 40.8 Å². The number of nitrogens with zero attached hydrogens (tertiary/aromatic N) is 2. The summed E-state index contributed by atoms with van der Waals surface area (Å²) in [6.45, 7) is 0.289. The van der Waals surface area contributed by atoms with Gasteiger partial charge in [0.05, 0.1) is 10.9 Å². The smallest absolute Gasteiger partial charge is 0.227 e. The first-order valence-electron chi connectivity index (χ1n) is 7.78. The van der Waals surface area contributed by atoms with Gasteiger partial charge in [-0.15, -0.1) is 0 Å². The van der Waals surface area contributed by atoms with Crippen LogP contribution in [0.4, 0.5) is 5.69 Å². The van der Waals surface area contributed by atoms with Crippen molar-refractivity contribution in [1.29, 1.82) is 0 Å². The minimum atomic E-state index is -0.487. The van der Waals surface area contributed by atoms with Crippen molar-refractivity contribution in [2.75, 3.05) is 11.4 Å². The van der Waals surface area contributed by atoms with E-state index >= 15 is 0 Å². The number of amides is 1. The Kier molecular flexibility index (Phi) is 4.39. The fourth-order valence-electron chi connectivity index (χ4n) is 2.98. The molecule has 1 amide bonds. The van der Waals surface area contributed by atoms with Crippen molar-refractivity contribution in [3.8, 4) is 11.5 Å². The molecule has 0 spiro atoms. The van der Waals surface area contributed by atoms with Gasteiger partial charge in [0.15, 0.2) is 5.58 Å². The van der Waals surface area contributed by atoms with E-state index in [0.717, 1.165) is 5.56 Å². The zero-order valence-corrected chi connectivity index (χ0v) is 15.5. The number of carbonyl (C=O) groups excluding carboxylic acids is 2. The molecule has 26 heavy (non-hydrogen) atoms. The highest BCUT2D eigenvalue weighted by Crippen LogP contribution is 2.33. The standard InChI is InChI=1S/C18H11Cl3N2O3/c19-11-6-13(20)16-14(7-11)22-18(26-16)9-1-3-12(4-2-9)23-8-10(17(21)25)5-15(23)24/h1-4,6-7,10H,5,8H2/t10-/m0/s1. The van der Waals surface area contributed by atoms with Crippen molar-refractivity contribution in [2.45, 2.75) is 6.42 Å². The molecule has 0 unspecified atom stereocenters. The molecule has 2 heterocycles. The van der Waals surface area contributed by atoms with Crippen LogP contribution in [-0.4, -0.2) is 22.7 Å². The number of oxazole rings is 1. The summed E-state index contributed by atoms with van der Waals surface area (Å²) in [6.07, 6.45) is 0.133. The summed E-state index contributed by atoms with van der Waals surface area (Å²) < 4.78 is 5.73. The first kappa shape index (κ1) is 17.3. The zero-order valence-electron chi connectivity index (χ0n) is 13.2. The maximum atomic E-state index is 12.1. The predicted molar refractivity (Wildman–Crippen MR) is 101 cm³/mol. The summed E-state index contributed by atoms with van der Waals surface area (Å²) in [5.74, 6) is -0.190. The van der Waals surface area contributed by atoms with Gasteiger partial charge in [0.2, 0.25) is 17.0 Å². The van der Waals surface area contributed by atoms with Crippen LogP contribution in [-0.2, 0) is 9.59 Å². The van der Waals surface area contributed by atoms with Gasteiger partial charge in [0, 0.05) is 29.2 Å². The molecular formula is C18H11Cl3N2O3. The summed E-state index contributed by atoms with van der Waals surface area (Å²) in [6, 6.07) is 10.4. The summed E-state index contributed by atoms with van der Waals surface area (Å²) in [5.41, 5.74) is 2.46. The summed E-state index contributed by atoms with van der Waals surface area (Å²) in [7, 11) is 0. The van der Waals surface area contributed by atoms with Gasteiger partial charge in [-0.3, -0.25) is 9.59 Å². The second kappa shape index (κ2) is 6.58. The summed E-state index contributed by atoms with van der Waals surface area (Å²) in [4.78, 5) is 29.3. The van der Waals surface area contributed by atoms with Gasteiger partial charge >= 0.3 is 0 Å². The molecule has 5 nitrogen and oxygen atoms in total. The first-order chi connectivity index (χ1) is 12.4. The van der Waals surface area contributed by atoms with E-state index in [1.165, 1.54) is 0 Å². The van der Waals surface area contributed by atoms with Gasteiger partial charge in [-0.25, -0.2) is 4.98 Å². The molecule has 132 valence electrons. The maximum Gasteiger partial charge on any atom is 0.227 e. The van der Waals surface area contributed by atoms with Gasteiger partial charge in [-0.1, -0.05) is 23.2 Å². The SMILES string of the molecule is O=C(Cl)[C@H]1CC(=O)N(c2ccc(-c3nc4cc(Cl)cc(Cl)c4o3)cc2)C1. The van der Waals surface area contributed by atoms with Crippen LogP contribution < -0.4 is 4.90 Å². The third-order valence-electron chi connectivity index (χ3n) is 4.28. The Hall–Kier alpha value is -2.08. The lowest BCUT2D eigenvalue weighted by Crippen LogP contribution is -2.25. The number of aromatic nitrogens is 1. The molecule has 1 aliphatic heterocycles. The highest BCUT2D eigenvalue weighted by Gasteiger charge is 2.34. The third kappa shape index (κ3) is 3.07. The summed E-state index contributed by atoms with van der Waals surface area (Å²) in [5, 5.41) is 0.385. The van der Waals surface area contributed by atoms with Crippen molar-refractivity contribution in [1.82, 2.24) is 4.98 Å². The van der Waals surface area contributed by atoms with Crippen molar-refractivity contribution >= 4 is 62.7 Å². The molecule has 1 saturated heterocycles. The van der Waals surface area contributed by atoms with E-state index in [-0.39, 0.29) is 18.9 Å². The Labute approximate surface area is 163 Å². The van der Waals surface area contributed by atoms with E-state index in [1.54, 1.807) is 41.3 Å². The van der Waals surface area contributed by atoms with Gasteiger partial charge < -0.3 is 9.32 Å². The van der Waals surface area contributed by atoms with Crippen molar-refractivity contribution in [2.24, 2.45) is 5.92 Å². The topological polar surface area (TPSA) is 63.4 Å². The lowest BCUT2D eigenvalue weighted by Gasteiger charge is -2.16. The molecule has 2 aromatic carbocycles. The Bertz CT molecular complexity index is 1030. The van der Waals surface area contributed by atoms with Crippen LogP contribution in [0.1, 0.15) is 6.42 Å². The van der Waals surface area contributed by atoms with E-state index in [9.17, 15) is 9.59 Å². The molecule has 1 aromatic heterocycles. The van der Waals surface area contributed by atoms with Crippen LogP contribution in [0.3, 0.4) is 0 Å². The molecule has 3 aromatic rings. The molecule has 0 N–H and O–H groups in total. The van der Waals surface area contributed by atoms with Gasteiger partial charge in [0.1, 0.15) is 5.52 Å². The van der Waals surface area contributed by atoms with E-state index in [4.69, 9.17) is 39.2 Å². The highest BCUT2D eigenvalue weighted by molar-refractivity contribution is 6.64. The fourth-order valence-corrected chi connectivity index (χ4v) is 3.64. The molecule has 8 heteroatoms. The Morgan fingerprint density at radius 1 is 1.19 bits per heavy atom. The molecular weight excluding hydrogens is 399 g/mol. The van der Waals surface area contributed by atoms with Crippen molar-refractivity contribution in [3.05, 3.63) is 46.4 Å². The predicted octanol–water partition coefficient (Wildman–Crippen LogP) is 4.92. The normalized spacial score (nSPS) is 17.3. The molecule has 0 saturated carbocycles. The number of carbonyl (C=O) groups is 2. The number of halogens is 3. The lowest BCUT2D eigenvalue weighted by molar-refractivity contribution is -0.120. The lowest BCUT2D eigenvalue weighted by atomic mass is 10.1. The second-order valence-electron chi connectivity index (χ2n) is 6.01. The average molecular weight is 410 g/mol. The van der Waals surface area contributed by atoms with Crippen molar-refractivity contribution in [3.63, 3.8) is 0 Å². The molecule has 0 radical (unpaired) electrons. The molecule has 1 atom stereocenters. The quantitative estimate of drug-likeness (QED) is 0.576. The second-order valence-corrected chi connectivity index (χ2v) is 7.23. The van der Waals surface area contributed by atoms with E-state index < -0.39 is 11.2 Å². The largest absolute Gasteiger partial charge is 0.435 e. The molecule has 0 bridgehead atoms. The number of fused-ring (bicyclic) bond motifs is 1. The number of anilines is 1. The Morgan fingerprint density at radius 3 is 2.58 bits per heavy atom. The Balaban J connectivity index is 1.63. The minimum absolute atomic E-state index is 0.125. The van der Waals surface area contributed by atoms with E-state index in [1.807, 2.05) is 0 Å². The van der Waals surface area contributed by atoms with Crippen LogP contribution in [0, 0.1) is 5.92 Å². The molecule has 1 fully saturated rings. The third-order valence-corrected chi connectivity index (χ3v) is 5.09. The fraction of sp³-hybridized carbons (Fsp3) is 0.167. The monoisotopic (exact) mass is 408 g/mol. The number of hydrogen-bond donors (Lipinski definition) is 0.